The van der Waals surface area contributed by atoms with E-state index >= 15 is 0 Å². The minimum Gasteiger partial charge on any atom is -0.399 e. The molecular formula is C9H9ClN2. The molecule has 0 aliphatic carbocycles. The summed E-state index contributed by atoms with van der Waals surface area (Å²) in [6.45, 7) is 0. The molecule has 0 amide bonds. The smallest absolute Gasteiger partial charge is 0.109 e. The Balaban J connectivity index is 2.87. The molecule has 0 spiro atoms. The fourth-order valence-electron chi connectivity index (χ4n) is 1.33. The molecule has 0 aliphatic rings. The van der Waals surface area contributed by atoms with Crippen molar-refractivity contribution >= 4 is 28.2 Å². The molecule has 2 rings (SSSR count). The van der Waals surface area contributed by atoms with Crippen molar-refractivity contribution in [1.82, 2.24) is 4.57 Å². The van der Waals surface area contributed by atoms with Crippen LogP contribution < -0.4 is 5.73 Å². The van der Waals surface area contributed by atoms with Crippen LogP contribution in [0.15, 0.2) is 24.3 Å². The summed E-state index contributed by atoms with van der Waals surface area (Å²) in [4.78, 5) is 0. The van der Waals surface area contributed by atoms with Crippen molar-refractivity contribution in [2.45, 2.75) is 0 Å². The van der Waals surface area contributed by atoms with Crippen LogP contribution in [-0.4, -0.2) is 4.57 Å². The largest absolute Gasteiger partial charge is 0.399 e. The first-order valence-electron chi connectivity index (χ1n) is 3.69. The van der Waals surface area contributed by atoms with Gasteiger partial charge in [-0.2, -0.15) is 0 Å². The molecule has 1 aromatic carbocycles. The second-order valence-electron chi connectivity index (χ2n) is 2.84. The molecule has 1 aromatic heterocycles. The quantitative estimate of drug-likeness (QED) is 0.621. The number of nitrogens with two attached hydrogens (primary N) is 1. The van der Waals surface area contributed by atoms with E-state index < -0.39 is 0 Å². The number of aromatic nitrogens is 1. The number of halogens is 1. The average molecular weight is 181 g/mol. The Morgan fingerprint density at radius 3 is 2.83 bits per heavy atom. The zero-order valence-corrected chi connectivity index (χ0v) is 7.47. The van der Waals surface area contributed by atoms with Gasteiger partial charge in [-0.25, -0.2) is 0 Å². The maximum absolute atomic E-state index is 5.93. The Bertz CT molecular complexity index is 431. The summed E-state index contributed by atoms with van der Waals surface area (Å²) < 4.78 is 1.93. The summed E-state index contributed by atoms with van der Waals surface area (Å²) in [5.41, 5.74) is 7.50. The number of nitrogen functional groups attached to an aromatic ring is 1. The van der Waals surface area contributed by atoms with Crippen LogP contribution in [0.1, 0.15) is 0 Å². The molecule has 12 heavy (non-hydrogen) atoms. The molecule has 0 bridgehead atoms. The highest BCUT2D eigenvalue weighted by Gasteiger charge is 2.02. The van der Waals surface area contributed by atoms with Crippen LogP contribution in [-0.2, 0) is 7.05 Å². The second-order valence-corrected chi connectivity index (χ2v) is 3.23. The fourth-order valence-corrected chi connectivity index (χ4v) is 1.54. The fraction of sp³-hybridized carbons (Fsp3) is 0.111. The van der Waals surface area contributed by atoms with E-state index in [0.717, 1.165) is 21.7 Å². The standard InChI is InChI=1S/C9H9ClN2/c1-12-8-3-2-7(11)4-6(8)5-9(12)10/h2-5H,11H2,1H3. The lowest BCUT2D eigenvalue weighted by atomic mass is 10.2. The molecule has 3 heteroatoms. The Morgan fingerprint density at radius 1 is 1.33 bits per heavy atom. The summed E-state index contributed by atoms with van der Waals surface area (Å²) in [5, 5.41) is 1.82. The summed E-state index contributed by atoms with van der Waals surface area (Å²) in [6.07, 6.45) is 0. The number of hydrogen-bond acceptors (Lipinski definition) is 1. The molecule has 0 fully saturated rings. The monoisotopic (exact) mass is 180 g/mol. The first-order chi connectivity index (χ1) is 5.68. The lowest BCUT2D eigenvalue weighted by Gasteiger charge is -1.97. The van der Waals surface area contributed by atoms with Crippen molar-refractivity contribution in [2.24, 2.45) is 7.05 Å². The van der Waals surface area contributed by atoms with Gasteiger partial charge in [-0.3, -0.25) is 0 Å². The molecule has 0 unspecified atom stereocenters. The van der Waals surface area contributed by atoms with Crippen LogP contribution in [0.3, 0.4) is 0 Å². The number of anilines is 1. The van der Waals surface area contributed by atoms with Crippen LogP contribution in [0.4, 0.5) is 5.69 Å². The van der Waals surface area contributed by atoms with Gasteiger partial charge in [0, 0.05) is 23.6 Å². The maximum atomic E-state index is 5.93. The number of benzene rings is 1. The van der Waals surface area contributed by atoms with E-state index in [2.05, 4.69) is 0 Å². The van der Waals surface area contributed by atoms with E-state index in [9.17, 15) is 0 Å². The number of rotatable bonds is 0. The van der Waals surface area contributed by atoms with Crippen LogP contribution in [0.2, 0.25) is 5.15 Å². The lowest BCUT2D eigenvalue weighted by Crippen LogP contribution is -1.87. The van der Waals surface area contributed by atoms with E-state index in [0.29, 0.717) is 0 Å². The van der Waals surface area contributed by atoms with Gasteiger partial charge in [0.2, 0.25) is 0 Å². The van der Waals surface area contributed by atoms with Gasteiger partial charge in [0.05, 0.1) is 0 Å². The predicted octanol–water partition coefficient (Wildman–Crippen LogP) is 2.41. The van der Waals surface area contributed by atoms with Crippen molar-refractivity contribution in [1.29, 1.82) is 0 Å². The Labute approximate surface area is 75.5 Å². The van der Waals surface area contributed by atoms with Crippen LogP contribution in [0.25, 0.3) is 10.9 Å². The zero-order valence-electron chi connectivity index (χ0n) is 6.71. The topological polar surface area (TPSA) is 30.9 Å². The van der Waals surface area contributed by atoms with Gasteiger partial charge in [0.25, 0.3) is 0 Å². The highest BCUT2D eigenvalue weighted by Crippen LogP contribution is 2.23. The van der Waals surface area contributed by atoms with Crippen molar-refractivity contribution in [3.8, 4) is 0 Å². The molecule has 0 saturated carbocycles. The van der Waals surface area contributed by atoms with Gasteiger partial charge in [-0.15, -0.1) is 0 Å². The molecule has 1 heterocycles. The summed E-state index contributed by atoms with van der Waals surface area (Å²) in [6, 6.07) is 7.67. The average Bonchev–Trinajstić information content (AvgIpc) is 2.28. The molecule has 2 aromatic rings. The third-order valence-electron chi connectivity index (χ3n) is 2.01. The van der Waals surface area contributed by atoms with Gasteiger partial charge in [0.1, 0.15) is 5.15 Å². The minimum absolute atomic E-state index is 0.732. The van der Waals surface area contributed by atoms with E-state index in [4.69, 9.17) is 17.3 Å². The van der Waals surface area contributed by atoms with Crippen LogP contribution >= 0.6 is 11.6 Å². The van der Waals surface area contributed by atoms with E-state index in [1.54, 1.807) is 0 Å². The third kappa shape index (κ3) is 0.959. The molecule has 2 N–H and O–H groups in total. The van der Waals surface area contributed by atoms with E-state index in [-0.39, 0.29) is 0 Å². The van der Waals surface area contributed by atoms with E-state index in [1.165, 1.54) is 0 Å². The summed E-state index contributed by atoms with van der Waals surface area (Å²) in [5.74, 6) is 0. The number of fused-ring (bicyclic) bond motifs is 1. The Kier molecular flexibility index (Phi) is 1.51. The van der Waals surface area contributed by atoms with Crippen molar-refractivity contribution < 1.29 is 0 Å². The Morgan fingerprint density at radius 2 is 2.08 bits per heavy atom. The van der Waals surface area contributed by atoms with Gasteiger partial charge in [-0.1, -0.05) is 11.6 Å². The number of aryl methyl sites for hydroxylation is 1. The molecule has 0 saturated heterocycles. The number of nitrogens with zero attached hydrogens (tertiary/aromatic N) is 1. The molecule has 0 aliphatic heterocycles. The van der Waals surface area contributed by atoms with Gasteiger partial charge in [-0.05, 0) is 24.3 Å². The molecule has 0 radical (unpaired) electrons. The lowest BCUT2D eigenvalue weighted by molar-refractivity contribution is 0.970. The van der Waals surface area contributed by atoms with E-state index in [1.807, 2.05) is 35.9 Å². The molecule has 0 atom stereocenters. The first-order valence-corrected chi connectivity index (χ1v) is 4.07. The highest BCUT2D eigenvalue weighted by molar-refractivity contribution is 6.30. The van der Waals surface area contributed by atoms with Crippen molar-refractivity contribution in [3.05, 3.63) is 29.4 Å². The first kappa shape index (κ1) is 7.50. The van der Waals surface area contributed by atoms with Crippen molar-refractivity contribution in [2.75, 3.05) is 5.73 Å². The second kappa shape index (κ2) is 2.42. The van der Waals surface area contributed by atoms with Crippen molar-refractivity contribution in [3.63, 3.8) is 0 Å². The normalized spacial score (nSPS) is 10.8. The third-order valence-corrected chi connectivity index (χ3v) is 2.37. The molecule has 62 valence electrons. The number of hydrogen-bond donors (Lipinski definition) is 1. The SMILES string of the molecule is Cn1c(Cl)cc2cc(N)ccc21. The molecule has 2 nitrogen and oxygen atoms in total. The summed E-state index contributed by atoms with van der Waals surface area (Å²) in [7, 11) is 1.93. The van der Waals surface area contributed by atoms with Gasteiger partial charge in [0.15, 0.2) is 0 Å². The summed E-state index contributed by atoms with van der Waals surface area (Å²) >= 11 is 5.93. The van der Waals surface area contributed by atoms with Crippen LogP contribution in [0, 0.1) is 0 Å². The predicted molar refractivity (Wildman–Crippen MR) is 52.3 cm³/mol. The zero-order chi connectivity index (χ0) is 8.72. The highest BCUT2D eigenvalue weighted by atomic mass is 35.5. The van der Waals surface area contributed by atoms with Gasteiger partial charge >= 0.3 is 0 Å². The molecular weight excluding hydrogens is 172 g/mol. The maximum Gasteiger partial charge on any atom is 0.109 e. The van der Waals surface area contributed by atoms with Crippen LogP contribution in [0.5, 0.6) is 0 Å². The minimum atomic E-state index is 0.732. The van der Waals surface area contributed by atoms with Gasteiger partial charge < -0.3 is 10.3 Å². The Hall–Kier alpha value is -1.15.